The quantitative estimate of drug-likeness (QED) is 0.779. The average molecular weight is 339 g/mol. The third-order valence-corrected chi connectivity index (χ3v) is 6.88. The Hall–Kier alpha value is -1.84. The molecular formula is C21H29N3O. The summed E-state index contributed by atoms with van der Waals surface area (Å²) in [7, 11) is 3.83. The fraction of sp³-hybridized carbons (Fsp3) is 0.619. The zero-order chi connectivity index (χ0) is 17.5. The van der Waals surface area contributed by atoms with Crippen molar-refractivity contribution < 1.29 is 4.74 Å². The van der Waals surface area contributed by atoms with Gasteiger partial charge in [0.25, 0.3) is 0 Å². The third kappa shape index (κ3) is 2.57. The van der Waals surface area contributed by atoms with Crippen LogP contribution in [0.25, 0.3) is 11.4 Å². The summed E-state index contributed by atoms with van der Waals surface area (Å²) in [6, 6.07) is 8.08. The van der Waals surface area contributed by atoms with Gasteiger partial charge in [-0.05, 0) is 62.5 Å². The van der Waals surface area contributed by atoms with E-state index in [4.69, 9.17) is 4.74 Å². The summed E-state index contributed by atoms with van der Waals surface area (Å²) in [6.45, 7) is 2.33. The molecular weight excluding hydrogens is 310 g/mol. The maximum absolute atomic E-state index is 5.53. The van der Waals surface area contributed by atoms with Crippen molar-refractivity contribution in [3.8, 4) is 17.1 Å². The van der Waals surface area contributed by atoms with Crippen molar-refractivity contribution in [2.24, 2.45) is 12.5 Å². The fourth-order valence-electron chi connectivity index (χ4n) is 5.36. The maximum atomic E-state index is 5.53. The van der Waals surface area contributed by atoms with Crippen molar-refractivity contribution in [3.63, 3.8) is 0 Å². The van der Waals surface area contributed by atoms with Gasteiger partial charge in [-0.2, -0.15) is 0 Å². The SMILES string of the molecule is CCCC12CCC(c3nnc(-c4ccccc4OC)n3C)(CC1)CC2. The molecule has 3 saturated carbocycles. The minimum atomic E-state index is 0.234. The van der Waals surface area contributed by atoms with Gasteiger partial charge in [0.15, 0.2) is 5.82 Å². The van der Waals surface area contributed by atoms with E-state index in [2.05, 4.69) is 34.8 Å². The van der Waals surface area contributed by atoms with E-state index < -0.39 is 0 Å². The smallest absolute Gasteiger partial charge is 0.167 e. The van der Waals surface area contributed by atoms with E-state index in [0.717, 1.165) is 17.1 Å². The fourth-order valence-corrected chi connectivity index (χ4v) is 5.36. The van der Waals surface area contributed by atoms with Gasteiger partial charge < -0.3 is 9.30 Å². The van der Waals surface area contributed by atoms with Gasteiger partial charge in [-0.3, -0.25) is 0 Å². The standard InChI is InChI=1S/C21H29N3O/c1-4-9-20-10-13-21(14-11-20,15-12-20)19-23-22-18(24(19)2)16-7-5-6-8-17(16)25-3/h5-8H,4,9-15H2,1-3H3. The Labute approximate surface area is 150 Å². The van der Waals surface area contributed by atoms with Crippen LogP contribution in [0.1, 0.15) is 64.1 Å². The highest BCUT2D eigenvalue weighted by molar-refractivity contribution is 5.64. The molecule has 134 valence electrons. The first-order chi connectivity index (χ1) is 12.1. The van der Waals surface area contributed by atoms with Gasteiger partial charge in [0, 0.05) is 12.5 Å². The molecule has 0 radical (unpaired) electrons. The van der Waals surface area contributed by atoms with Crippen molar-refractivity contribution in [1.82, 2.24) is 14.8 Å². The van der Waals surface area contributed by atoms with Crippen LogP contribution >= 0.6 is 0 Å². The van der Waals surface area contributed by atoms with Crippen LogP contribution in [-0.4, -0.2) is 21.9 Å². The summed E-state index contributed by atoms with van der Waals surface area (Å²) in [5.74, 6) is 2.95. The Bertz CT molecular complexity index is 740. The normalized spacial score (nSPS) is 28.3. The molecule has 0 N–H and O–H groups in total. The van der Waals surface area contributed by atoms with Crippen molar-refractivity contribution in [2.75, 3.05) is 7.11 Å². The first-order valence-electron chi connectivity index (χ1n) is 9.66. The highest BCUT2D eigenvalue weighted by Crippen LogP contribution is 2.59. The molecule has 5 rings (SSSR count). The zero-order valence-electron chi connectivity index (χ0n) is 15.7. The first-order valence-corrected chi connectivity index (χ1v) is 9.66. The van der Waals surface area contributed by atoms with E-state index in [-0.39, 0.29) is 5.41 Å². The van der Waals surface area contributed by atoms with Crippen molar-refractivity contribution in [1.29, 1.82) is 0 Å². The second-order valence-electron chi connectivity index (χ2n) is 8.14. The summed E-state index contributed by atoms with van der Waals surface area (Å²) in [6.07, 6.45) is 10.6. The van der Waals surface area contributed by atoms with Gasteiger partial charge in [0.1, 0.15) is 11.6 Å². The topological polar surface area (TPSA) is 39.9 Å². The van der Waals surface area contributed by atoms with Gasteiger partial charge in [-0.1, -0.05) is 25.5 Å². The number of benzene rings is 1. The van der Waals surface area contributed by atoms with E-state index in [9.17, 15) is 0 Å². The minimum Gasteiger partial charge on any atom is -0.496 e. The summed E-state index contributed by atoms with van der Waals surface area (Å²) < 4.78 is 7.75. The Morgan fingerprint density at radius 2 is 1.72 bits per heavy atom. The van der Waals surface area contributed by atoms with Gasteiger partial charge >= 0.3 is 0 Å². The number of ether oxygens (including phenoxy) is 1. The largest absolute Gasteiger partial charge is 0.496 e. The molecule has 3 aliphatic rings. The third-order valence-electron chi connectivity index (χ3n) is 6.88. The second kappa shape index (κ2) is 6.15. The Morgan fingerprint density at radius 3 is 2.36 bits per heavy atom. The number of rotatable bonds is 5. The predicted octanol–water partition coefficient (Wildman–Crippen LogP) is 4.88. The zero-order valence-corrected chi connectivity index (χ0v) is 15.7. The van der Waals surface area contributed by atoms with Crippen molar-refractivity contribution >= 4 is 0 Å². The summed E-state index contributed by atoms with van der Waals surface area (Å²) in [4.78, 5) is 0. The number of methoxy groups -OCH3 is 1. The molecule has 0 atom stereocenters. The predicted molar refractivity (Wildman–Crippen MR) is 99.7 cm³/mol. The molecule has 3 aliphatic carbocycles. The number of hydrogen-bond acceptors (Lipinski definition) is 3. The molecule has 0 saturated heterocycles. The summed E-state index contributed by atoms with van der Waals surface area (Å²) in [5.41, 5.74) is 1.88. The minimum absolute atomic E-state index is 0.234. The van der Waals surface area contributed by atoms with Gasteiger partial charge in [-0.15, -0.1) is 10.2 Å². The van der Waals surface area contributed by atoms with Crippen LogP contribution < -0.4 is 4.74 Å². The van der Waals surface area contributed by atoms with Crippen molar-refractivity contribution in [2.45, 2.75) is 63.7 Å². The van der Waals surface area contributed by atoms with Crippen LogP contribution in [0.3, 0.4) is 0 Å². The van der Waals surface area contributed by atoms with Crippen LogP contribution in [0.15, 0.2) is 24.3 Å². The van der Waals surface area contributed by atoms with Crippen LogP contribution in [0.4, 0.5) is 0 Å². The Morgan fingerprint density at radius 1 is 1.04 bits per heavy atom. The second-order valence-corrected chi connectivity index (χ2v) is 8.14. The van der Waals surface area contributed by atoms with Crippen LogP contribution in [-0.2, 0) is 12.5 Å². The lowest BCUT2D eigenvalue weighted by atomic mass is 9.52. The lowest BCUT2D eigenvalue weighted by Crippen LogP contribution is -2.45. The van der Waals surface area contributed by atoms with Crippen LogP contribution in [0.5, 0.6) is 5.75 Å². The van der Waals surface area contributed by atoms with E-state index in [1.54, 1.807) is 7.11 Å². The first kappa shape index (κ1) is 16.6. The molecule has 1 heterocycles. The number of hydrogen-bond donors (Lipinski definition) is 0. The van der Waals surface area contributed by atoms with E-state index in [1.807, 2.05) is 18.2 Å². The van der Waals surface area contributed by atoms with Gasteiger partial charge in [-0.25, -0.2) is 0 Å². The van der Waals surface area contributed by atoms with E-state index in [1.165, 1.54) is 57.2 Å². The molecule has 0 amide bonds. The molecule has 3 fully saturated rings. The summed E-state index contributed by atoms with van der Waals surface area (Å²) in [5, 5.41) is 9.25. The number of nitrogens with zero attached hydrogens (tertiary/aromatic N) is 3. The molecule has 4 heteroatoms. The maximum Gasteiger partial charge on any atom is 0.167 e. The monoisotopic (exact) mass is 339 g/mol. The van der Waals surface area contributed by atoms with Crippen LogP contribution in [0, 0.1) is 5.41 Å². The molecule has 2 bridgehead atoms. The molecule has 1 aromatic carbocycles. The Kier molecular flexibility index (Phi) is 4.09. The summed E-state index contributed by atoms with van der Waals surface area (Å²) >= 11 is 0. The highest BCUT2D eigenvalue weighted by Gasteiger charge is 2.50. The molecule has 4 nitrogen and oxygen atoms in total. The molecule has 2 aromatic rings. The average Bonchev–Trinajstić information content (AvgIpc) is 3.05. The highest BCUT2D eigenvalue weighted by atomic mass is 16.5. The lowest BCUT2D eigenvalue weighted by Gasteiger charge is -2.53. The van der Waals surface area contributed by atoms with E-state index in [0.29, 0.717) is 5.41 Å². The van der Waals surface area contributed by atoms with E-state index >= 15 is 0 Å². The number of para-hydroxylation sites is 1. The molecule has 1 aromatic heterocycles. The molecule has 0 aliphatic heterocycles. The van der Waals surface area contributed by atoms with Gasteiger partial charge in [0.2, 0.25) is 0 Å². The molecule has 0 unspecified atom stereocenters. The number of aromatic nitrogens is 3. The number of fused-ring (bicyclic) bond motifs is 3. The lowest BCUT2D eigenvalue weighted by molar-refractivity contribution is 0.0264. The van der Waals surface area contributed by atoms with Gasteiger partial charge in [0.05, 0.1) is 12.7 Å². The van der Waals surface area contributed by atoms with Crippen LogP contribution in [0.2, 0.25) is 0 Å². The van der Waals surface area contributed by atoms with Crippen molar-refractivity contribution in [3.05, 3.63) is 30.1 Å². The molecule has 25 heavy (non-hydrogen) atoms. The molecule has 0 spiro atoms. The Balaban J connectivity index is 1.67.